The number of aromatic hydroxyl groups is 1. The number of rotatable bonds is 3. The summed E-state index contributed by atoms with van der Waals surface area (Å²) in [5, 5.41) is 13.5. The fraction of sp³-hybridized carbons (Fsp3) is 0.389. The van der Waals surface area contributed by atoms with Gasteiger partial charge in [-0.3, -0.25) is 14.2 Å². The van der Waals surface area contributed by atoms with Gasteiger partial charge in [0.1, 0.15) is 11.4 Å². The van der Waals surface area contributed by atoms with Crippen LogP contribution in [0.1, 0.15) is 41.3 Å². The summed E-state index contributed by atoms with van der Waals surface area (Å²) in [6, 6.07) is 5.34. The minimum absolute atomic E-state index is 0.223. The van der Waals surface area contributed by atoms with Gasteiger partial charge in [-0.05, 0) is 44.0 Å². The number of hydrogen-bond acceptors (Lipinski definition) is 5. The van der Waals surface area contributed by atoms with Crippen molar-refractivity contribution < 1.29 is 14.6 Å². The molecule has 2 heterocycles. The number of carbonyl (C=O) groups is 1. The number of aryl methyl sites for hydroxylation is 1. The van der Waals surface area contributed by atoms with E-state index in [1.54, 1.807) is 26.0 Å². The van der Waals surface area contributed by atoms with Gasteiger partial charge >= 0.3 is 0 Å². The molecule has 0 aliphatic carbocycles. The van der Waals surface area contributed by atoms with Gasteiger partial charge in [-0.2, -0.15) is 0 Å². The lowest BCUT2D eigenvalue weighted by Crippen LogP contribution is -2.42. The molecule has 0 spiro atoms. The van der Waals surface area contributed by atoms with Crippen LogP contribution in [0.15, 0.2) is 23.0 Å². The van der Waals surface area contributed by atoms with Crippen LogP contribution in [0.5, 0.6) is 5.75 Å². The highest BCUT2D eigenvalue weighted by Gasteiger charge is 2.34. The molecule has 0 unspecified atom stereocenters. The first-order valence-corrected chi connectivity index (χ1v) is 8.60. The topological polar surface area (TPSA) is 93.5 Å². The summed E-state index contributed by atoms with van der Waals surface area (Å²) in [5.74, 6) is -0.963. The Morgan fingerprint density at radius 2 is 2.19 bits per heavy atom. The van der Waals surface area contributed by atoms with E-state index in [1.807, 2.05) is 13.0 Å². The fourth-order valence-corrected chi connectivity index (χ4v) is 3.17. The Morgan fingerprint density at radius 3 is 2.88 bits per heavy atom. The first kappa shape index (κ1) is 18.4. The highest BCUT2D eigenvalue weighted by molar-refractivity contribution is 6.30. The van der Waals surface area contributed by atoms with E-state index in [0.29, 0.717) is 17.5 Å². The second kappa shape index (κ2) is 6.74. The number of nitrogens with zero attached hydrogens (tertiary/aromatic N) is 2. The Kier molecular flexibility index (Phi) is 4.77. The van der Waals surface area contributed by atoms with Crippen molar-refractivity contribution in [3.05, 3.63) is 56.2 Å². The third-order valence-electron chi connectivity index (χ3n) is 4.42. The number of ether oxygens (including phenoxy) is 1. The lowest BCUT2D eigenvalue weighted by atomic mass is 10.1. The molecule has 0 bridgehead atoms. The Labute approximate surface area is 155 Å². The Balaban J connectivity index is 1.90. The van der Waals surface area contributed by atoms with E-state index in [-0.39, 0.29) is 18.8 Å². The van der Waals surface area contributed by atoms with Crippen LogP contribution in [0.3, 0.4) is 0 Å². The van der Waals surface area contributed by atoms with Gasteiger partial charge in [0, 0.05) is 11.6 Å². The average molecular weight is 378 g/mol. The Morgan fingerprint density at radius 1 is 1.46 bits per heavy atom. The second-order valence-corrected chi connectivity index (χ2v) is 7.14. The van der Waals surface area contributed by atoms with Crippen LogP contribution in [-0.2, 0) is 23.4 Å². The number of benzene rings is 1. The standard InChI is InChI=1S/C18H20ClN3O4/c1-10-8-12(19)5-4-11(10)9-20-15(24)13-14(23)16(25)22-6-7-26-18(2,3)17(22)21-13/h4-5,8,23H,6-7,9H2,1-3H3,(H,20,24). The lowest BCUT2D eigenvalue weighted by Gasteiger charge is -2.32. The molecule has 1 aliphatic rings. The van der Waals surface area contributed by atoms with Crippen LogP contribution >= 0.6 is 11.6 Å². The molecule has 0 fully saturated rings. The molecule has 138 valence electrons. The van der Waals surface area contributed by atoms with Gasteiger partial charge in [0.15, 0.2) is 5.69 Å². The summed E-state index contributed by atoms with van der Waals surface area (Å²) in [6.07, 6.45) is 0. The SMILES string of the molecule is Cc1cc(Cl)ccc1CNC(=O)c1nc2n(c(=O)c1O)CCOC2(C)C. The lowest BCUT2D eigenvalue weighted by molar-refractivity contribution is -0.0566. The third-order valence-corrected chi connectivity index (χ3v) is 4.66. The van der Waals surface area contributed by atoms with Crippen molar-refractivity contribution in [1.82, 2.24) is 14.9 Å². The number of aromatic nitrogens is 2. The van der Waals surface area contributed by atoms with E-state index in [0.717, 1.165) is 11.1 Å². The normalized spacial score (nSPS) is 15.4. The highest BCUT2D eigenvalue weighted by Crippen LogP contribution is 2.27. The molecule has 2 aromatic rings. The number of hydrogen-bond donors (Lipinski definition) is 2. The second-order valence-electron chi connectivity index (χ2n) is 6.70. The predicted molar refractivity (Wildman–Crippen MR) is 96.5 cm³/mol. The molecule has 26 heavy (non-hydrogen) atoms. The molecule has 1 aliphatic heterocycles. The zero-order chi connectivity index (χ0) is 19.1. The van der Waals surface area contributed by atoms with Crippen molar-refractivity contribution in [2.24, 2.45) is 0 Å². The molecule has 0 saturated heterocycles. The molecule has 0 saturated carbocycles. The monoisotopic (exact) mass is 377 g/mol. The summed E-state index contributed by atoms with van der Waals surface area (Å²) in [7, 11) is 0. The number of carbonyl (C=O) groups excluding carboxylic acids is 1. The first-order chi connectivity index (χ1) is 12.2. The molecule has 8 heteroatoms. The number of halogens is 1. The van der Waals surface area contributed by atoms with Crippen molar-refractivity contribution in [2.75, 3.05) is 6.61 Å². The van der Waals surface area contributed by atoms with Crippen molar-refractivity contribution in [3.63, 3.8) is 0 Å². The maximum absolute atomic E-state index is 12.5. The van der Waals surface area contributed by atoms with E-state index >= 15 is 0 Å². The van der Waals surface area contributed by atoms with Crippen molar-refractivity contribution in [3.8, 4) is 5.75 Å². The predicted octanol–water partition coefficient (Wildman–Crippen LogP) is 2.11. The van der Waals surface area contributed by atoms with Gasteiger partial charge in [0.05, 0.1) is 13.2 Å². The quantitative estimate of drug-likeness (QED) is 0.854. The molecule has 0 radical (unpaired) electrons. The maximum Gasteiger partial charge on any atom is 0.296 e. The van der Waals surface area contributed by atoms with Crippen molar-refractivity contribution >= 4 is 17.5 Å². The largest absolute Gasteiger partial charge is 0.501 e. The first-order valence-electron chi connectivity index (χ1n) is 8.22. The number of fused-ring (bicyclic) bond motifs is 1. The zero-order valence-electron chi connectivity index (χ0n) is 14.8. The van der Waals surface area contributed by atoms with E-state index < -0.39 is 22.8 Å². The van der Waals surface area contributed by atoms with Crippen LogP contribution in [0.25, 0.3) is 0 Å². The van der Waals surface area contributed by atoms with Gasteiger partial charge in [0.2, 0.25) is 5.75 Å². The average Bonchev–Trinajstić information content (AvgIpc) is 2.57. The van der Waals surface area contributed by atoms with Crippen LogP contribution in [0, 0.1) is 6.92 Å². The smallest absolute Gasteiger partial charge is 0.296 e. The third kappa shape index (κ3) is 3.32. The van der Waals surface area contributed by atoms with E-state index in [1.165, 1.54) is 4.57 Å². The Hall–Kier alpha value is -2.38. The van der Waals surface area contributed by atoms with Crippen LogP contribution in [0.2, 0.25) is 5.02 Å². The molecular weight excluding hydrogens is 358 g/mol. The van der Waals surface area contributed by atoms with Gasteiger partial charge in [-0.15, -0.1) is 0 Å². The van der Waals surface area contributed by atoms with Crippen LogP contribution in [-0.4, -0.2) is 27.2 Å². The molecular formula is C18H20ClN3O4. The van der Waals surface area contributed by atoms with Gasteiger partial charge < -0.3 is 15.2 Å². The summed E-state index contributed by atoms with van der Waals surface area (Å²) in [6.45, 7) is 6.25. The summed E-state index contributed by atoms with van der Waals surface area (Å²) in [4.78, 5) is 29.2. The highest BCUT2D eigenvalue weighted by atomic mass is 35.5. The van der Waals surface area contributed by atoms with Gasteiger partial charge in [-0.1, -0.05) is 17.7 Å². The minimum Gasteiger partial charge on any atom is -0.501 e. The summed E-state index contributed by atoms with van der Waals surface area (Å²) < 4.78 is 6.98. The maximum atomic E-state index is 12.5. The van der Waals surface area contributed by atoms with E-state index in [2.05, 4.69) is 10.3 Å². The molecule has 0 atom stereocenters. The fourth-order valence-electron chi connectivity index (χ4n) is 2.94. The molecule has 1 amide bonds. The van der Waals surface area contributed by atoms with Crippen LogP contribution in [0.4, 0.5) is 0 Å². The van der Waals surface area contributed by atoms with E-state index in [9.17, 15) is 14.7 Å². The zero-order valence-corrected chi connectivity index (χ0v) is 15.6. The molecule has 1 aromatic carbocycles. The molecule has 3 rings (SSSR count). The van der Waals surface area contributed by atoms with E-state index in [4.69, 9.17) is 16.3 Å². The molecule has 1 aromatic heterocycles. The van der Waals surface area contributed by atoms with Gasteiger partial charge in [0.25, 0.3) is 11.5 Å². The van der Waals surface area contributed by atoms with Crippen LogP contribution < -0.4 is 10.9 Å². The van der Waals surface area contributed by atoms with Crippen molar-refractivity contribution in [1.29, 1.82) is 0 Å². The minimum atomic E-state index is -0.826. The van der Waals surface area contributed by atoms with Gasteiger partial charge in [-0.25, -0.2) is 4.98 Å². The number of amides is 1. The molecule has 2 N–H and O–H groups in total. The Bertz CT molecular complexity index is 937. The molecule has 7 nitrogen and oxygen atoms in total. The summed E-state index contributed by atoms with van der Waals surface area (Å²) in [5.41, 5.74) is 0.0358. The summed E-state index contributed by atoms with van der Waals surface area (Å²) >= 11 is 5.93. The van der Waals surface area contributed by atoms with Crippen molar-refractivity contribution in [2.45, 2.75) is 39.5 Å². The number of nitrogens with one attached hydrogen (secondary N) is 1.